The number of aromatic nitrogens is 2. The van der Waals surface area contributed by atoms with E-state index in [0.717, 1.165) is 0 Å². The molecule has 0 fully saturated rings. The number of fused-ring (bicyclic) bond motifs is 17. The monoisotopic (exact) mass is 698 g/mol. The van der Waals surface area contributed by atoms with Crippen LogP contribution in [0.5, 0.6) is 0 Å². The highest BCUT2D eigenvalue weighted by molar-refractivity contribution is 7.00. The Kier molecular flexibility index (Phi) is 5.50. The maximum atomic E-state index is 2.65. The number of benzene rings is 9. The molecule has 0 N–H and O–H groups in total. The van der Waals surface area contributed by atoms with Gasteiger partial charge in [-0.1, -0.05) is 153 Å². The van der Waals surface area contributed by atoms with Crippen molar-refractivity contribution in [1.29, 1.82) is 0 Å². The lowest BCUT2D eigenvalue weighted by atomic mass is 9.34. The molecule has 0 radical (unpaired) electrons. The first kappa shape index (κ1) is 29.8. The molecule has 0 unspecified atom stereocenters. The number of aryl methyl sites for hydroxylation is 1. The summed E-state index contributed by atoms with van der Waals surface area (Å²) in [6.45, 7) is 7.05. The maximum Gasteiger partial charge on any atom is 0.252 e. The van der Waals surface area contributed by atoms with Gasteiger partial charge in [0.2, 0.25) is 0 Å². The van der Waals surface area contributed by atoms with E-state index < -0.39 is 0 Å². The van der Waals surface area contributed by atoms with Crippen LogP contribution >= 0.6 is 0 Å². The van der Waals surface area contributed by atoms with Gasteiger partial charge < -0.3 is 9.13 Å². The van der Waals surface area contributed by atoms with E-state index >= 15 is 0 Å². The normalized spacial score (nSPS) is 13.3. The zero-order chi connectivity index (χ0) is 36.3. The third kappa shape index (κ3) is 3.58. The van der Waals surface area contributed by atoms with Gasteiger partial charge in [-0.25, -0.2) is 0 Å². The van der Waals surface area contributed by atoms with Crippen molar-refractivity contribution < 1.29 is 0 Å². The molecule has 9 aromatic carbocycles. The average Bonchev–Trinajstić information content (AvgIpc) is 3.75. The van der Waals surface area contributed by atoms with Gasteiger partial charge in [0, 0.05) is 49.1 Å². The summed E-state index contributed by atoms with van der Waals surface area (Å²) in [5.41, 5.74) is 15.8. The summed E-state index contributed by atoms with van der Waals surface area (Å²) in [5, 5.41) is 13.1. The summed E-state index contributed by atoms with van der Waals surface area (Å²) in [4.78, 5) is 0. The predicted octanol–water partition coefficient (Wildman–Crippen LogP) is 11.1. The Labute approximate surface area is 318 Å². The zero-order valence-corrected chi connectivity index (χ0v) is 31.0. The van der Waals surface area contributed by atoms with Gasteiger partial charge in [0.25, 0.3) is 6.71 Å². The van der Waals surface area contributed by atoms with Crippen LogP contribution in [0.15, 0.2) is 158 Å². The molecule has 2 aliphatic rings. The highest BCUT2D eigenvalue weighted by Crippen LogP contribution is 2.46. The quantitative estimate of drug-likeness (QED) is 0.126. The summed E-state index contributed by atoms with van der Waals surface area (Å²) in [5.74, 6) is 0. The minimum absolute atomic E-state index is 0.0978. The number of nitrogens with zero attached hydrogens (tertiary/aromatic N) is 2. The molecule has 2 aromatic heterocycles. The van der Waals surface area contributed by atoms with Crippen LogP contribution in [0.4, 0.5) is 0 Å². The molecule has 0 amide bonds. The van der Waals surface area contributed by atoms with Crippen LogP contribution < -0.4 is 16.4 Å². The van der Waals surface area contributed by atoms with Crippen molar-refractivity contribution in [3.63, 3.8) is 0 Å². The van der Waals surface area contributed by atoms with Crippen LogP contribution in [0.1, 0.15) is 30.5 Å². The Morgan fingerprint density at radius 1 is 0.436 bits per heavy atom. The van der Waals surface area contributed by atoms with E-state index in [9.17, 15) is 0 Å². The summed E-state index contributed by atoms with van der Waals surface area (Å²) in [7, 11) is 0. The minimum Gasteiger partial charge on any atom is -0.310 e. The fraction of sp³-hybridized carbons (Fsp3) is 0.0769. The van der Waals surface area contributed by atoms with Crippen molar-refractivity contribution in [2.45, 2.75) is 26.2 Å². The Bertz CT molecular complexity index is 3530. The van der Waals surface area contributed by atoms with E-state index in [1.165, 1.54) is 120 Å². The largest absolute Gasteiger partial charge is 0.310 e. The zero-order valence-electron chi connectivity index (χ0n) is 31.0. The smallest absolute Gasteiger partial charge is 0.252 e. The van der Waals surface area contributed by atoms with Crippen molar-refractivity contribution in [2.24, 2.45) is 0 Å². The van der Waals surface area contributed by atoms with Crippen LogP contribution in [-0.2, 0) is 5.41 Å². The lowest BCUT2D eigenvalue weighted by molar-refractivity contribution is 0.642. The standard InChI is InChI=1S/C52H35BN2/c1-30-23-25-36-39(27-30)40-28-32(52(2,3)31-13-5-4-6-14-31)24-26-33(40)41-29-46-48-51(47(36)41)55-45-22-10-8-16-35(45)38-18-12-20-43(50(38)55)53(48)42-19-11-17-37-34-15-7-9-21-44(34)54(46)49(37)42/h4-29H,1-3H3. The van der Waals surface area contributed by atoms with Crippen LogP contribution in [0, 0.1) is 6.92 Å². The first-order valence-electron chi connectivity index (χ1n) is 19.6. The van der Waals surface area contributed by atoms with Crippen LogP contribution in [0.25, 0.3) is 87.3 Å². The second-order valence-electron chi connectivity index (χ2n) is 16.5. The molecule has 2 nitrogen and oxygen atoms in total. The molecule has 0 saturated carbocycles. The summed E-state index contributed by atoms with van der Waals surface area (Å²) in [6, 6.07) is 60.0. The first-order chi connectivity index (χ1) is 27.0. The van der Waals surface area contributed by atoms with Crippen molar-refractivity contribution in [1.82, 2.24) is 9.13 Å². The molecule has 13 rings (SSSR count). The summed E-state index contributed by atoms with van der Waals surface area (Å²) in [6.07, 6.45) is 0. The second kappa shape index (κ2) is 10.1. The number of hydrogen-bond acceptors (Lipinski definition) is 0. The molecule has 0 spiro atoms. The van der Waals surface area contributed by atoms with E-state index in [0.29, 0.717) is 0 Å². The SMILES string of the molecule is Cc1ccc2c(c1)c1cc(C(C)(C)c3ccccc3)ccc1c1cc3c4c(c21)-n1c2ccccc2c2cccc(c21)B4c1cccc2c4ccccc4n-3c12. The second-order valence-corrected chi connectivity index (χ2v) is 16.5. The molecule has 3 heteroatoms. The summed E-state index contributed by atoms with van der Waals surface area (Å²) >= 11 is 0. The summed E-state index contributed by atoms with van der Waals surface area (Å²) < 4.78 is 5.25. The van der Waals surface area contributed by atoms with Crippen LogP contribution in [-0.4, -0.2) is 15.8 Å². The van der Waals surface area contributed by atoms with Gasteiger partial charge in [-0.3, -0.25) is 0 Å². The number of para-hydroxylation sites is 4. The van der Waals surface area contributed by atoms with E-state index in [2.05, 4.69) is 188 Å². The molecule has 55 heavy (non-hydrogen) atoms. The molecule has 11 aromatic rings. The van der Waals surface area contributed by atoms with E-state index in [1.807, 2.05) is 0 Å². The molecule has 0 aliphatic carbocycles. The highest BCUT2D eigenvalue weighted by atomic mass is 15.0. The fourth-order valence-electron chi connectivity index (χ4n) is 10.9. The maximum absolute atomic E-state index is 2.65. The van der Waals surface area contributed by atoms with Gasteiger partial charge in [0.15, 0.2) is 0 Å². The third-order valence-electron chi connectivity index (χ3n) is 13.4. The minimum atomic E-state index is -0.158. The lowest BCUT2D eigenvalue weighted by Crippen LogP contribution is -2.59. The lowest BCUT2D eigenvalue weighted by Gasteiger charge is -2.35. The Hall–Kier alpha value is -6.58. The van der Waals surface area contributed by atoms with Gasteiger partial charge in [-0.05, 0) is 85.6 Å². The van der Waals surface area contributed by atoms with Crippen molar-refractivity contribution in [3.8, 4) is 11.4 Å². The van der Waals surface area contributed by atoms with Crippen molar-refractivity contribution in [2.75, 3.05) is 0 Å². The Morgan fingerprint density at radius 2 is 1.04 bits per heavy atom. The molecular formula is C52H35BN2. The molecule has 0 bridgehead atoms. The molecule has 256 valence electrons. The van der Waals surface area contributed by atoms with E-state index in [4.69, 9.17) is 0 Å². The molecule has 0 atom stereocenters. The first-order valence-corrected chi connectivity index (χ1v) is 19.6. The molecule has 0 saturated heterocycles. The topological polar surface area (TPSA) is 9.86 Å². The molecular weight excluding hydrogens is 663 g/mol. The van der Waals surface area contributed by atoms with Crippen LogP contribution in [0.3, 0.4) is 0 Å². The van der Waals surface area contributed by atoms with Crippen molar-refractivity contribution in [3.05, 3.63) is 174 Å². The molecule has 2 aliphatic heterocycles. The van der Waals surface area contributed by atoms with Gasteiger partial charge in [-0.2, -0.15) is 0 Å². The predicted molar refractivity (Wildman–Crippen MR) is 236 cm³/mol. The number of hydrogen-bond donors (Lipinski definition) is 0. The Morgan fingerprint density at radius 3 is 1.76 bits per heavy atom. The average molecular weight is 699 g/mol. The van der Waals surface area contributed by atoms with Crippen LogP contribution in [0.2, 0.25) is 0 Å². The fourth-order valence-corrected chi connectivity index (χ4v) is 10.9. The van der Waals surface area contributed by atoms with Gasteiger partial charge >= 0.3 is 0 Å². The third-order valence-corrected chi connectivity index (χ3v) is 13.4. The highest BCUT2D eigenvalue weighted by Gasteiger charge is 2.42. The molecule has 4 heterocycles. The van der Waals surface area contributed by atoms with E-state index in [1.54, 1.807) is 0 Å². The van der Waals surface area contributed by atoms with Gasteiger partial charge in [-0.15, -0.1) is 0 Å². The van der Waals surface area contributed by atoms with Gasteiger partial charge in [0.1, 0.15) is 0 Å². The Balaban J connectivity index is 1.29. The van der Waals surface area contributed by atoms with E-state index in [-0.39, 0.29) is 12.1 Å². The van der Waals surface area contributed by atoms with Crippen molar-refractivity contribution >= 4 is 99.0 Å². The van der Waals surface area contributed by atoms with Gasteiger partial charge in [0.05, 0.1) is 16.7 Å². The number of rotatable bonds is 2.